The smallest absolute Gasteiger partial charge is 0.249 e. The highest BCUT2D eigenvalue weighted by Crippen LogP contribution is 2.29. The van der Waals surface area contributed by atoms with E-state index in [1.54, 1.807) is 28.0 Å². The largest absolute Gasteiger partial charge is 0.349 e. The summed E-state index contributed by atoms with van der Waals surface area (Å²) in [6.45, 7) is 7.95. The zero-order valence-electron chi connectivity index (χ0n) is 21.2. The SMILES string of the molecule is CCc1ccc(N(C(=O)Cn2nnc3ccccc32)C(C(=O)NC(C)(C)CC)c2cccnc2)cc1. The minimum Gasteiger partial charge on any atom is -0.349 e. The molecular formula is C28H32N6O2. The highest BCUT2D eigenvalue weighted by molar-refractivity contribution is 6.01. The molecule has 1 unspecified atom stereocenters. The van der Waals surface area contributed by atoms with Gasteiger partial charge < -0.3 is 5.32 Å². The molecule has 2 aromatic heterocycles. The molecule has 36 heavy (non-hydrogen) atoms. The standard InChI is InChI=1S/C28H32N6O2/c1-5-20-13-15-22(16-14-20)34(25(35)19-33-24-12-8-7-11-23(24)31-32-33)26(21-10-9-17-29-18-21)27(36)30-28(3,4)6-2/h7-18,26H,5-6,19H2,1-4H3,(H,30,36). The van der Waals surface area contributed by atoms with Crippen molar-refractivity contribution in [1.82, 2.24) is 25.3 Å². The third kappa shape index (κ3) is 5.43. The summed E-state index contributed by atoms with van der Waals surface area (Å²) in [6, 6.07) is 17.9. The van der Waals surface area contributed by atoms with Gasteiger partial charge in [0.1, 0.15) is 18.1 Å². The average Bonchev–Trinajstić information content (AvgIpc) is 3.30. The monoisotopic (exact) mass is 484 g/mol. The Balaban J connectivity index is 1.80. The molecule has 4 aromatic rings. The molecule has 0 saturated heterocycles. The lowest BCUT2D eigenvalue weighted by Crippen LogP contribution is -2.51. The maximum absolute atomic E-state index is 14.0. The van der Waals surface area contributed by atoms with Crippen LogP contribution in [0.3, 0.4) is 0 Å². The average molecular weight is 485 g/mol. The highest BCUT2D eigenvalue weighted by atomic mass is 16.2. The summed E-state index contributed by atoms with van der Waals surface area (Å²) in [7, 11) is 0. The lowest BCUT2D eigenvalue weighted by atomic mass is 9.99. The van der Waals surface area contributed by atoms with Crippen molar-refractivity contribution in [3.8, 4) is 0 Å². The fraction of sp³-hybridized carbons (Fsp3) is 0.321. The number of fused-ring (bicyclic) bond motifs is 1. The Bertz CT molecular complexity index is 1330. The van der Waals surface area contributed by atoms with Crippen molar-refractivity contribution in [2.75, 3.05) is 4.90 Å². The van der Waals surface area contributed by atoms with Crippen molar-refractivity contribution in [3.05, 3.63) is 84.2 Å². The van der Waals surface area contributed by atoms with Gasteiger partial charge >= 0.3 is 0 Å². The molecule has 186 valence electrons. The third-order valence-electron chi connectivity index (χ3n) is 6.45. The molecule has 0 saturated carbocycles. The van der Waals surface area contributed by atoms with E-state index >= 15 is 0 Å². The van der Waals surface area contributed by atoms with E-state index in [4.69, 9.17) is 0 Å². The summed E-state index contributed by atoms with van der Waals surface area (Å²) in [5.41, 5.74) is 3.40. The first-order valence-corrected chi connectivity index (χ1v) is 12.2. The topological polar surface area (TPSA) is 93.0 Å². The Kier molecular flexibility index (Phi) is 7.43. The van der Waals surface area contributed by atoms with E-state index < -0.39 is 11.6 Å². The van der Waals surface area contributed by atoms with E-state index in [0.29, 0.717) is 16.8 Å². The summed E-state index contributed by atoms with van der Waals surface area (Å²) >= 11 is 0. The first kappa shape index (κ1) is 25.0. The molecule has 0 fully saturated rings. The quantitative estimate of drug-likeness (QED) is 0.378. The number of pyridine rings is 1. The molecular weight excluding hydrogens is 452 g/mol. The molecule has 1 atom stereocenters. The summed E-state index contributed by atoms with van der Waals surface area (Å²) in [4.78, 5) is 33.6. The number of nitrogens with one attached hydrogen (secondary N) is 1. The number of nitrogens with zero attached hydrogens (tertiary/aromatic N) is 5. The highest BCUT2D eigenvalue weighted by Gasteiger charge is 2.35. The van der Waals surface area contributed by atoms with Gasteiger partial charge in [-0.3, -0.25) is 19.5 Å². The van der Waals surface area contributed by atoms with Crippen LogP contribution in [-0.2, 0) is 22.6 Å². The first-order valence-electron chi connectivity index (χ1n) is 12.2. The molecule has 2 amide bonds. The van der Waals surface area contributed by atoms with Crippen LogP contribution in [0.2, 0.25) is 0 Å². The number of aromatic nitrogens is 4. The van der Waals surface area contributed by atoms with Crippen LogP contribution < -0.4 is 10.2 Å². The molecule has 4 rings (SSSR count). The van der Waals surface area contributed by atoms with Gasteiger partial charge in [0.05, 0.1) is 5.52 Å². The Morgan fingerprint density at radius 2 is 1.78 bits per heavy atom. The molecule has 8 nitrogen and oxygen atoms in total. The predicted octanol–water partition coefficient (Wildman–Crippen LogP) is 4.47. The molecule has 0 aliphatic rings. The fourth-order valence-corrected chi connectivity index (χ4v) is 4.01. The summed E-state index contributed by atoms with van der Waals surface area (Å²) in [5, 5.41) is 11.5. The molecule has 8 heteroatoms. The predicted molar refractivity (Wildman–Crippen MR) is 140 cm³/mol. The minimum atomic E-state index is -0.917. The van der Waals surface area contributed by atoms with Gasteiger partial charge in [0.25, 0.3) is 0 Å². The van der Waals surface area contributed by atoms with Crippen LogP contribution >= 0.6 is 0 Å². The normalized spacial score (nSPS) is 12.3. The van der Waals surface area contributed by atoms with Crippen molar-refractivity contribution in [2.45, 2.75) is 58.7 Å². The van der Waals surface area contributed by atoms with Crippen molar-refractivity contribution < 1.29 is 9.59 Å². The lowest BCUT2D eigenvalue weighted by molar-refractivity contribution is -0.128. The molecule has 0 aliphatic heterocycles. The van der Waals surface area contributed by atoms with E-state index in [9.17, 15) is 9.59 Å². The summed E-state index contributed by atoms with van der Waals surface area (Å²) < 4.78 is 1.57. The van der Waals surface area contributed by atoms with Crippen LogP contribution in [0.15, 0.2) is 73.1 Å². The van der Waals surface area contributed by atoms with Gasteiger partial charge in [-0.1, -0.05) is 49.4 Å². The molecule has 2 aromatic carbocycles. The third-order valence-corrected chi connectivity index (χ3v) is 6.45. The van der Waals surface area contributed by atoms with Gasteiger partial charge in [-0.25, -0.2) is 4.68 Å². The van der Waals surface area contributed by atoms with E-state index in [0.717, 1.165) is 23.9 Å². The number of amides is 2. The second-order valence-corrected chi connectivity index (χ2v) is 9.44. The summed E-state index contributed by atoms with van der Waals surface area (Å²) in [5.74, 6) is -0.556. The van der Waals surface area contributed by atoms with E-state index in [1.165, 1.54) is 0 Å². The van der Waals surface area contributed by atoms with Crippen LogP contribution in [-0.4, -0.2) is 37.3 Å². The Morgan fingerprint density at radius 3 is 2.44 bits per heavy atom. The number of rotatable bonds is 9. The van der Waals surface area contributed by atoms with Gasteiger partial charge in [-0.2, -0.15) is 0 Å². The summed E-state index contributed by atoms with van der Waals surface area (Å²) in [6.07, 6.45) is 4.89. The van der Waals surface area contributed by atoms with Crippen LogP contribution in [0, 0.1) is 0 Å². The first-order chi connectivity index (χ1) is 17.3. The van der Waals surface area contributed by atoms with Gasteiger partial charge in [0.15, 0.2) is 0 Å². The minimum absolute atomic E-state index is 0.0722. The number of anilines is 1. The Morgan fingerprint density at radius 1 is 1.03 bits per heavy atom. The number of carbonyl (C=O) groups excluding carboxylic acids is 2. The second-order valence-electron chi connectivity index (χ2n) is 9.44. The number of benzene rings is 2. The molecule has 0 radical (unpaired) electrons. The van der Waals surface area contributed by atoms with E-state index in [1.807, 2.05) is 75.4 Å². The Labute approximate surface area is 211 Å². The van der Waals surface area contributed by atoms with Crippen LogP contribution in [0.1, 0.15) is 51.3 Å². The van der Waals surface area contributed by atoms with Crippen LogP contribution in [0.25, 0.3) is 11.0 Å². The fourth-order valence-electron chi connectivity index (χ4n) is 4.01. The van der Waals surface area contributed by atoms with Gasteiger partial charge in [0.2, 0.25) is 11.8 Å². The van der Waals surface area contributed by atoms with Gasteiger partial charge in [-0.05, 0) is 62.6 Å². The number of hydrogen-bond acceptors (Lipinski definition) is 5. The van der Waals surface area contributed by atoms with E-state index in [2.05, 4.69) is 27.5 Å². The van der Waals surface area contributed by atoms with Crippen molar-refractivity contribution in [1.29, 1.82) is 0 Å². The Hall–Kier alpha value is -4.07. The number of carbonyl (C=O) groups is 2. The number of hydrogen-bond donors (Lipinski definition) is 1. The zero-order valence-corrected chi connectivity index (χ0v) is 21.2. The number of aryl methyl sites for hydroxylation is 1. The maximum Gasteiger partial charge on any atom is 0.249 e. The van der Waals surface area contributed by atoms with Gasteiger partial charge in [-0.15, -0.1) is 5.10 Å². The van der Waals surface area contributed by atoms with Crippen molar-refractivity contribution >= 4 is 28.5 Å². The zero-order chi connectivity index (χ0) is 25.7. The molecule has 0 spiro atoms. The maximum atomic E-state index is 14.0. The molecule has 2 heterocycles. The molecule has 0 bridgehead atoms. The molecule has 1 N–H and O–H groups in total. The molecule has 0 aliphatic carbocycles. The van der Waals surface area contributed by atoms with Crippen molar-refractivity contribution in [2.24, 2.45) is 0 Å². The lowest BCUT2D eigenvalue weighted by Gasteiger charge is -2.34. The second kappa shape index (κ2) is 10.7. The van der Waals surface area contributed by atoms with E-state index in [-0.39, 0.29) is 18.4 Å². The number of para-hydroxylation sites is 1. The van der Waals surface area contributed by atoms with Crippen LogP contribution in [0.4, 0.5) is 5.69 Å². The van der Waals surface area contributed by atoms with Gasteiger partial charge in [0, 0.05) is 29.2 Å². The van der Waals surface area contributed by atoms with Crippen LogP contribution in [0.5, 0.6) is 0 Å². The van der Waals surface area contributed by atoms with Crippen molar-refractivity contribution in [3.63, 3.8) is 0 Å².